The molecule has 3 heteroatoms. The summed E-state index contributed by atoms with van der Waals surface area (Å²) in [4.78, 5) is 12.2. The lowest BCUT2D eigenvalue weighted by Crippen LogP contribution is -2.44. The number of hydrogen-bond donors (Lipinski definition) is 2. The van der Waals surface area contributed by atoms with E-state index in [4.69, 9.17) is 0 Å². The van der Waals surface area contributed by atoms with Gasteiger partial charge in [0.1, 0.15) is 0 Å². The Bertz CT molecular complexity index is 274. The number of amides is 1. The van der Waals surface area contributed by atoms with E-state index in [9.17, 15) is 9.90 Å². The van der Waals surface area contributed by atoms with Crippen molar-refractivity contribution in [2.75, 3.05) is 6.54 Å². The van der Waals surface area contributed by atoms with Crippen LogP contribution < -0.4 is 5.32 Å². The summed E-state index contributed by atoms with van der Waals surface area (Å²) in [6, 6.07) is 0. The fourth-order valence-corrected chi connectivity index (χ4v) is 3.50. The van der Waals surface area contributed by atoms with Crippen molar-refractivity contribution in [2.45, 2.75) is 82.7 Å². The molecule has 0 aromatic rings. The average Bonchev–Trinajstić information content (AvgIpc) is 2.79. The Morgan fingerprint density at radius 3 is 2.05 bits per heavy atom. The van der Waals surface area contributed by atoms with Crippen molar-refractivity contribution >= 4 is 5.91 Å². The molecule has 2 aliphatic rings. The lowest BCUT2D eigenvalue weighted by molar-refractivity contribution is -0.126. The molecule has 0 radical (unpaired) electrons. The summed E-state index contributed by atoms with van der Waals surface area (Å²) in [5, 5.41) is 13.6. The highest BCUT2D eigenvalue weighted by Gasteiger charge is 2.29. The predicted octanol–water partition coefficient (Wildman–Crippen LogP) is 3.16. The standard InChI is InChI=1S/C16H29NO2/c18-15(14-9-5-1-2-6-10-14)17-13-16(19)11-7-3-4-8-12-16/h14,19H,1-13H2,(H,17,18). The summed E-state index contributed by atoms with van der Waals surface area (Å²) in [5.74, 6) is 0.372. The first kappa shape index (κ1) is 14.8. The van der Waals surface area contributed by atoms with Gasteiger partial charge in [0, 0.05) is 12.5 Å². The third kappa shape index (κ3) is 4.79. The largest absolute Gasteiger partial charge is 0.388 e. The highest BCUT2D eigenvalue weighted by molar-refractivity contribution is 5.78. The molecule has 0 atom stereocenters. The number of hydrogen-bond acceptors (Lipinski definition) is 2. The Labute approximate surface area is 117 Å². The van der Waals surface area contributed by atoms with Crippen molar-refractivity contribution in [3.8, 4) is 0 Å². The van der Waals surface area contributed by atoms with Crippen molar-refractivity contribution in [1.29, 1.82) is 0 Å². The van der Waals surface area contributed by atoms with Crippen molar-refractivity contribution < 1.29 is 9.90 Å². The van der Waals surface area contributed by atoms with Gasteiger partial charge in [-0.2, -0.15) is 0 Å². The van der Waals surface area contributed by atoms with Gasteiger partial charge in [0.05, 0.1) is 5.60 Å². The summed E-state index contributed by atoms with van der Waals surface area (Å²) in [7, 11) is 0. The predicted molar refractivity (Wildman–Crippen MR) is 76.9 cm³/mol. The van der Waals surface area contributed by atoms with Crippen LogP contribution in [0.4, 0.5) is 0 Å². The Kier molecular flexibility index (Phi) is 5.68. The molecule has 2 rings (SSSR count). The van der Waals surface area contributed by atoms with E-state index in [-0.39, 0.29) is 11.8 Å². The molecule has 1 amide bonds. The molecule has 0 aromatic carbocycles. The number of carbonyl (C=O) groups is 1. The van der Waals surface area contributed by atoms with Gasteiger partial charge in [-0.05, 0) is 25.7 Å². The van der Waals surface area contributed by atoms with E-state index in [0.29, 0.717) is 6.54 Å². The molecule has 19 heavy (non-hydrogen) atoms. The molecule has 3 nitrogen and oxygen atoms in total. The minimum atomic E-state index is -0.642. The average molecular weight is 267 g/mol. The maximum Gasteiger partial charge on any atom is 0.223 e. The lowest BCUT2D eigenvalue weighted by atomic mass is 9.93. The van der Waals surface area contributed by atoms with Crippen molar-refractivity contribution in [1.82, 2.24) is 5.32 Å². The number of carbonyl (C=O) groups excluding carboxylic acids is 1. The van der Waals surface area contributed by atoms with Gasteiger partial charge in [0.15, 0.2) is 0 Å². The van der Waals surface area contributed by atoms with E-state index < -0.39 is 5.60 Å². The van der Waals surface area contributed by atoms with E-state index in [1.165, 1.54) is 38.5 Å². The second kappa shape index (κ2) is 7.28. The summed E-state index contributed by atoms with van der Waals surface area (Å²) >= 11 is 0. The quantitative estimate of drug-likeness (QED) is 0.772. The van der Waals surface area contributed by atoms with E-state index >= 15 is 0 Å². The first-order valence-corrected chi connectivity index (χ1v) is 8.20. The lowest BCUT2D eigenvalue weighted by Gasteiger charge is -2.27. The summed E-state index contributed by atoms with van der Waals surface area (Å²) < 4.78 is 0. The molecule has 0 heterocycles. The van der Waals surface area contributed by atoms with Gasteiger partial charge >= 0.3 is 0 Å². The number of rotatable bonds is 3. The van der Waals surface area contributed by atoms with Crippen LogP contribution in [0.2, 0.25) is 0 Å². The highest BCUT2D eigenvalue weighted by atomic mass is 16.3. The normalized spacial score (nSPS) is 25.3. The summed E-state index contributed by atoms with van der Waals surface area (Å²) in [6.45, 7) is 0.461. The van der Waals surface area contributed by atoms with E-state index in [1.807, 2.05) is 0 Å². The first-order valence-electron chi connectivity index (χ1n) is 8.20. The molecule has 0 aromatic heterocycles. The van der Waals surface area contributed by atoms with E-state index in [1.54, 1.807) is 0 Å². The van der Waals surface area contributed by atoms with Crippen LogP contribution in [0.3, 0.4) is 0 Å². The Hall–Kier alpha value is -0.570. The highest BCUT2D eigenvalue weighted by Crippen LogP contribution is 2.27. The second-order valence-electron chi connectivity index (χ2n) is 6.54. The molecule has 0 spiro atoms. The molecule has 2 N–H and O–H groups in total. The van der Waals surface area contributed by atoms with Gasteiger partial charge in [-0.3, -0.25) is 4.79 Å². The minimum absolute atomic E-state index is 0.180. The Balaban J connectivity index is 1.78. The third-order valence-corrected chi connectivity index (χ3v) is 4.85. The third-order valence-electron chi connectivity index (χ3n) is 4.85. The summed E-state index contributed by atoms with van der Waals surface area (Å²) in [6.07, 6.45) is 13.3. The molecule has 2 aliphatic carbocycles. The molecule has 0 aliphatic heterocycles. The molecule has 0 unspecified atom stereocenters. The van der Waals surface area contributed by atoms with Crippen LogP contribution in [-0.2, 0) is 4.79 Å². The fraction of sp³-hybridized carbons (Fsp3) is 0.938. The zero-order chi connectivity index (χ0) is 13.6. The first-order chi connectivity index (χ1) is 9.20. The van der Waals surface area contributed by atoms with Crippen LogP contribution in [0.15, 0.2) is 0 Å². The monoisotopic (exact) mass is 267 g/mol. The summed E-state index contributed by atoms with van der Waals surface area (Å²) in [5.41, 5.74) is -0.642. The minimum Gasteiger partial charge on any atom is -0.388 e. The van der Waals surface area contributed by atoms with Gasteiger partial charge in [-0.15, -0.1) is 0 Å². The van der Waals surface area contributed by atoms with E-state index in [2.05, 4.69) is 5.32 Å². The SMILES string of the molecule is O=C(NCC1(O)CCCCCC1)C1CCCCCC1. The van der Waals surface area contributed by atoms with Crippen molar-refractivity contribution in [2.24, 2.45) is 5.92 Å². The smallest absolute Gasteiger partial charge is 0.223 e. The topological polar surface area (TPSA) is 49.3 Å². The van der Waals surface area contributed by atoms with Crippen LogP contribution in [0.1, 0.15) is 77.0 Å². The van der Waals surface area contributed by atoms with Gasteiger partial charge in [0.25, 0.3) is 0 Å². The molecule has 0 saturated heterocycles. The molecular weight excluding hydrogens is 238 g/mol. The molecule has 2 saturated carbocycles. The van der Waals surface area contributed by atoms with Crippen molar-refractivity contribution in [3.63, 3.8) is 0 Å². The van der Waals surface area contributed by atoms with Gasteiger partial charge in [-0.1, -0.05) is 51.4 Å². The van der Waals surface area contributed by atoms with Gasteiger partial charge < -0.3 is 10.4 Å². The van der Waals surface area contributed by atoms with Crippen LogP contribution in [-0.4, -0.2) is 23.2 Å². The Morgan fingerprint density at radius 1 is 0.947 bits per heavy atom. The number of aliphatic hydroxyl groups is 1. The molecular formula is C16H29NO2. The molecule has 110 valence electrons. The zero-order valence-electron chi connectivity index (χ0n) is 12.1. The van der Waals surface area contributed by atoms with Crippen LogP contribution in [0.25, 0.3) is 0 Å². The van der Waals surface area contributed by atoms with Crippen molar-refractivity contribution in [3.05, 3.63) is 0 Å². The van der Waals surface area contributed by atoms with Gasteiger partial charge in [-0.25, -0.2) is 0 Å². The zero-order valence-corrected chi connectivity index (χ0v) is 12.1. The van der Waals surface area contributed by atoms with Crippen LogP contribution in [0.5, 0.6) is 0 Å². The van der Waals surface area contributed by atoms with E-state index in [0.717, 1.165) is 38.5 Å². The van der Waals surface area contributed by atoms with Crippen LogP contribution in [0, 0.1) is 5.92 Å². The maximum absolute atomic E-state index is 12.2. The molecule has 2 fully saturated rings. The molecule has 0 bridgehead atoms. The van der Waals surface area contributed by atoms with Crippen LogP contribution >= 0.6 is 0 Å². The Morgan fingerprint density at radius 2 is 1.47 bits per heavy atom. The number of nitrogens with one attached hydrogen (secondary N) is 1. The second-order valence-corrected chi connectivity index (χ2v) is 6.54. The van der Waals surface area contributed by atoms with Gasteiger partial charge in [0.2, 0.25) is 5.91 Å². The fourth-order valence-electron chi connectivity index (χ4n) is 3.50. The maximum atomic E-state index is 12.2.